The lowest BCUT2D eigenvalue weighted by Gasteiger charge is -2.35. The van der Waals surface area contributed by atoms with E-state index in [4.69, 9.17) is 9.47 Å². The molecule has 1 saturated heterocycles. The lowest BCUT2D eigenvalue weighted by Crippen LogP contribution is -2.49. The summed E-state index contributed by atoms with van der Waals surface area (Å²) in [4.78, 5) is 17.1. The van der Waals surface area contributed by atoms with Crippen molar-refractivity contribution in [3.63, 3.8) is 0 Å². The van der Waals surface area contributed by atoms with Gasteiger partial charge in [-0.1, -0.05) is 0 Å². The highest BCUT2D eigenvalue weighted by Gasteiger charge is 2.26. The number of fused-ring (bicyclic) bond motifs is 2. The van der Waals surface area contributed by atoms with Gasteiger partial charge in [-0.05, 0) is 55.2 Å². The molecule has 1 fully saturated rings. The molecule has 2 aliphatic heterocycles. The van der Waals surface area contributed by atoms with Crippen molar-refractivity contribution in [2.45, 2.75) is 19.3 Å². The van der Waals surface area contributed by atoms with Gasteiger partial charge in [-0.25, -0.2) is 0 Å². The molecule has 0 spiro atoms. The molecule has 0 saturated carbocycles. The summed E-state index contributed by atoms with van der Waals surface area (Å²) in [7, 11) is 0. The van der Waals surface area contributed by atoms with Gasteiger partial charge in [0.1, 0.15) is 5.69 Å². The number of carbonyl (C=O) groups excluding carboxylic acids is 1. The summed E-state index contributed by atoms with van der Waals surface area (Å²) in [5.41, 5.74) is 4.51. The summed E-state index contributed by atoms with van der Waals surface area (Å²) < 4.78 is 10.8. The molecule has 158 valence electrons. The molecule has 0 unspecified atom stereocenters. The number of H-pyrrole nitrogens is 1. The van der Waals surface area contributed by atoms with E-state index in [0.29, 0.717) is 30.2 Å². The first-order chi connectivity index (χ1) is 15.2. The zero-order valence-electron chi connectivity index (χ0n) is 17.0. The molecule has 31 heavy (non-hydrogen) atoms. The first-order valence-corrected chi connectivity index (χ1v) is 10.6. The van der Waals surface area contributed by atoms with E-state index in [-0.39, 0.29) is 12.7 Å². The van der Waals surface area contributed by atoms with Crippen LogP contribution in [-0.2, 0) is 12.8 Å². The Kier molecular flexibility index (Phi) is 4.26. The maximum atomic E-state index is 13.0. The smallest absolute Gasteiger partial charge is 0.272 e. The number of rotatable bonds is 3. The van der Waals surface area contributed by atoms with Gasteiger partial charge < -0.3 is 19.3 Å². The molecular formula is C22H22N6O3. The van der Waals surface area contributed by atoms with E-state index < -0.39 is 0 Å². The number of anilines is 1. The number of amides is 1. The van der Waals surface area contributed by atoms with Gasteiger partial charge in [-0.2, -0.15) is 10.2 Å². The fraction of sp³-hybridized carbons (Fsp3) is 0.364. The molecule has 1 aliphatic carbocycles. The van der Waals surface area contributed by atoms with Crippen LogP contribution >= 0.6 is 0 Å². The van der Waals surface area contributed by atoms with Gasteiger partial charge in [0, 0.05) is 31.7 Å². The van der Waals surface area contributed by atoms with E-state index in [0.717, 1.165) is 55.2 Å². The number of nitrogens with one attached hydrogen (secondary N) is 1. The van der Waals surface area contributed by atoms with E-state index in [1.165, 1.54) is 5.56 Å². The average Bonchev–Trinajstić information content (AvgIpc) is 3.58. The number of benzene rings is 1. The molecule has 0 atom stereocenters. The highest BCUT2D eigenvalue weighted by molar-refractivity contribution is 5.93. The Balaban J connectivity index is 1.12. The summed E-state index contributed by atoms with van der Waals surface area (Å²) >= 11 is 0. The van der Waals surface area contributed by atoms with Crippen LogP contribution in [0.5, 0.6) is 11.5 Å². The highest BCUT2D eigenvalue weighted by Crippen LogP contribution is 2.35. The van der Waals surface area contributed by atoms with Crippen LogP contribution in [-0.4, -0.2) is 64.2 Å². The predicted octanol–water partition coefficient (Wildman–Crippen LogP) is 2.05. The lowest BCUT2D eigenvalue weighted by molar-refractivity contribution is 0.0740. The standard InChI is InChI=1S/C22H22N6O3/c29-22(18-12-17(24-25-18)15-4-5-19-20(10-15)31-13-30-19)28-8-6-27(7-9-28)21-11-14-2-1-3-16(14)23-26-21/h4-5,10-12H,1-3,6-9,13H2,(H,24,25). The van der Waals surface area contributed by atoms with E-state index in [9.17, 15) is 4.79 Å². The number of carbonyl (C=O) groups is 1. The highest BCUT2D eigenvalue weighted by atomic mass is 16.7. The second kappa shape index (κ2) is 7.26. The van der Waals surface area contributed by atoms with Crippen molar-refractivity contribution in [2.24, 2.45) is 0 Å². The molecule has 3 aliphatic rings. The fourth-order valence-corrected chi connectivity index (χ4v) is 4.42. The monoisotopic (exact) mass is 418 g/mol. The van der Waals surface area contributed by atoms with Crippen molar-refractivity contribution in [2.75, 3.05) is 37.9 Å². The maximum Gasteiger partial charge on any atom is 0.272 e. The largest absolute Gasteiger partial charge is 0.454 e. The van der Waals surface area contributed by atoms with Crippen LogP contribution < -0.4 is 14.4 Å². The SMILES string of the molecule is O=C(c1cc(-c2ccc3c(c2)OCO3)n[nH]1)N1CCN(c2cc3c(nn2)CCC3)CC1. The zero-order valence-corrected chi connectivity index (χ0v) is 17.0. The van der Waals surface area contributed by atoms with Crippen molar-refractivity contribution in [1.82, 2.24) is 25.3 Å². The second-order valence-electron chi connectivity index (χ2n) is 8.04. The van der Waals surface area contributed by atoms with Gasteiger partial charge in [0.05, 0.1) is 11.4 Å². The van der Waals surface area contributed by atoms with Crippen LogP contribution in [0, 0.1) is 0 Å². The molecule has 9 heteroatoms. The van der Waals surface area contributed by atoms with E-state index in [1.807, 2.05) is 23.1 Å². The number of piperazine rings is 1. The molecule has 9 nitrogen and oxygen atoms in total. The van der Waals surface area contributed by atoms with Gasteiger partial charge in [0.25, 0.3) is 5.91 Å². The normalized spacial score (nSPS) is 17.2. The lowest BCUT2D eigenvalue weighted by atomic mass is 10.1. The third-order valence-corrected chi connectivity index (χ3v) is 6.17. The van der Waals surface area contributed by atoms with Crippen molar-refractivity contribution >= 4 is 11.7 Å². The fourth-order valence-electron chi connectivity index (χ4n) is 4.42. The second-order valence-corrected chi connectivity index (χ2v) is 8.04. The van der Waals surface area contributed by atoms with Gasteiger partial charge in [0.15, 0.2) is 17.3 Å². The van der Waals surface area contributed by atoms with Gasteiger partial charge in [-0.3, -0.25) is 9.89 Å². The Morgan fingerprint density at radius 2 is 1.84 bits per heavy atom. The van der Waals surface area contributed by atoms with Gasteiger partial charge >= 0.3 is 0 Å². The van der Waals surface area contributed by atoms with E-state index in [1.54, 1.807) is 6.07 Å². The van der Waals surface area contributed by atoms with Crippen LogP contribution in [0.15, 0.2) is 30.3 Å². The van der Waals surface area contributed by atoms with E-state index >= 15 is 0 Å². The third kappa shape index (κ3) is 3.26. The molecule has 2 aromatic heterocycles. The van der Waals surface area contributed by atoms with Crippen molar-refractivity contribution in [1.29, 1.82) is 0 Å². The van der Waals surface area contributed by atoms with Crippen LogP contribution in [0.2, 0.25) is 0 Å². The summed E-state index contributed by atoms with van der Waals surface area (Å²) in [6.07, 6.45) is 3.28. The zero-order chi connectivity index (χ0) is 20.8. The number of aryl methyl sites for hydroxylation is 2. The third-order valence-electron chi connectivity index (χ3n) is 6.17. The van der Waals surface area contributed by atoms with Crippen molar-refractivity contribution in [3.8, 4) is 22.8 Å². The number of hydrogen-bond acceptors (Lipinski definition) is 7. The minimum atomic E-state index is -0.0424. The first kappa shape index (κ1) is 18.2. The molecule has 0 radical (unpaired) electrons. The quantitative estimate of drug-likeness (QED) is 0.695. The Morgan fingerprint density at radius 3 is 2.74 bits per heavy atom. The van der Waals surface area contributed by atoms with E-state index in [2.05, 4.69) is 31.4 Å². The number of nitrogens with zero attached hydrogens (tertiary/aromatic N) is 5. The number of hydrogen-bond donors (Lipinski definition) is 1. The molecule has 1 amide bonds. The molecule has 3 aromatic rings. The summed E-state index contributed by atoms with van der Waals surface area (Å²) in [6.45, 7) is 2.97. The number of aromatic nitrogens is 4. The molecule has 1 aromatic carbocycles. The summed E-state index contributed by atoms with van der Waals surface area (Å²) in [6, 6.07) is 9.60. The molecular weight excluding hydrogens is 396 g/mol. The van der Waals surface area contributed by atoms with Crippen molar-refractivity contribution in [3.05, 3.63) is 47.3 Å². The Bertz CT molecular complexity index is 1150. The minimum absolute atomic E-state index is 0.0424. The van der Waals surface area contributed by atoms with Crippen LogP contribution in [0.3, 0.4) is 0 Å². The van der Waals surface area contributed by atoms with Crippen molar-refractivity contribution < 1.29 is 14.3 Å². The van der Waals surface area contributed by atoms with Crippen LogP contribution in [0.4, 0.5) is 5.82 Å². The number of aromatic amines is 1. The maximum absolute atomic E-state index is 13.0. The topological polar surface area (TPSA) is 96.5 Å². The molecule has 4 heterocycles. The van der Waals surface area contributed by atoms with Gasteiger partial charge in [-0.15, -0.1) is 5.10 Å². The van der Waals surface area contributed by atoms with Crippen LogP contribution in [0.1, 0.15) is 28.2 Å². The average molecular weight is 418 g/mol. The first-order valence-electron chi connectivity index (χ1n) is 10.6. The Hall–Kier alpha value is -3.62. The van der Waals surface area contributed by atoms with Gasteiger partial charge in [0.2, 0.25) is 6.79 Å². The molecule has 1 N–H and O–H groups in total. The Labute approximate surface area is 179 Å². The van der Waals surface area contributed by atoms with Crippen LogP contribution in [0.25, 0.3) is 11.3 Å². The Morgan fingerprint density at radius 1 is 0.968 bits per heavy atom. The minimum Gasteiger partial charge on any atom is -0.454 e. The molecule has 6 rings (SSSR count). The predicted molar refractivity (Wildman–Crippen MR) is 112 cm³/mol. The number of ether oxygens (including phenoxy) is 2. The molecule has 0 bridgehead atoms. The summed E-state index contributed by atoms with van der Waals surface area (Å²) in [5.74, 6) is 2.29. The summed E-state index contributed by atoms with van der Waals surface area (Å²) in [5, 5.41) is 16.0.